The molecule has 4 N–H and O–H groups in total. The van der Waals surface area contributed by atoms with Crippen LogP contribution in [-0.4, -0.2) is 60.4 Å². The lowest BCUT2D eigenvalue weighted by Gasteiger charge is -2.26. The van der Waals surface area contributed by atoms with E-state index in [1.165, 1.54) is 6.08 Å². The van der Waals surface area contributed by atoms with E-state index in [2.05, 4.69) is 15.2 Å². The molecular weight excluding hydrogens is 284 g/mol. The van der Waals surface area contributed by atoms with Crippen LogP contribution in [0.4, 0.5) is 5.82 Å². The van der Waals surface area contributed by atoms with Crippen molar-refractivity contribution in [2.45, 2.75) is 6.54 Å². The second-order valence-corrected chi connectivity index (χ2v) is 5.12. The largest absolute Gasteiger partial charge is 0.478 e. The SMILES string of the molecule is Nc1ncc(C=CC(=O)O)cc1CNCCN1CCOCC1. The number of rotatable bonds is 7. The topological polar surface area (TPSA) is 101 Å². The number of hydrogen-bond donors (Lipinski definition) is 3. The Bertz CT molecular complexity index is 528. The van der Waals surface area contributed by atoms with Crippen LogP contribution >= 0.6 is 0 Å². The van der Waals surface area contributed by atoms with Gasteiger partial charge in [-0.1, -0.05) is 0 Å². The van der Waals surface area contributed by atoms with Crippen molar-refractivity contribution >= 4 is 17.9 Å². The number of nitrogen functional groups attached to an aromatic ring is 1. The van der Waals surface area contributed by atoms with Gasteiger partial charge in [0.15, 0.2) is 0 Å². The van der Waals surface area contributed by atoms with Gasteiger partial charge in [0.05, 0.1) is 13.2 Å². The number of hydrogen-bond acceptors (Lipinski definition) is 6. The van der Waals surface area contributed by atoms with Crippen LogP contribution in [0.5, 0.6) is 0 Å². The van der Waals surface area contributed by atoms with E-state index < -0.39 is 5.97 Å². The summed E-state index contributed by atoms with van der Waals surface area (Å²) in [6.45, 7) is 5.98. The molecule has 1 aliphatic rings. The minimum absolute atomic E-state index is 0.464. The zero-order valence-electron chi connectivity index (χ0n) is 12.5. The Hall–Kier alpha value is -1.96. The van der Waals surface area contributed by atoms with Gasteiger partial charge in [-0.05, 0) is 17.7 Å². The first-order valence-corrected chi connectivity index (χ1v) is 7.31. The van der Waals surface area contributed by atoms with E-state index >= 15 is 0 Å². The van der Waals surface area contributed by atoms with Crippen molar-refractivity contribution in [3.05, 3.63) is 29.5 Å². The molecule has 2 rings (SSSR count). The number of aliphatic carboxylic acids is 1. The molecule has 0 aliphatic carbocycles. The summed E-state index contributed by atoms with van der Waals surface area (Å²) >= 11 is 0. The number of anilines is 1. The minimum Gasteiger partial charge on any atom is -0.478 e. The van der Waals surface area contributed by atoms with Crippen LogP contribution in [0.25, 0.3) is 6.08 Å². The van der Waals surface area contributed by atoms with Crippen molar-refractivity contribution in [1.29, 1.82) is 0 Å². The monoisotopic (exact) mass is 306 g/mol. The van der Waals surface area contributed by atoms with Gasteiger partial charge >= 0.3 is 5.97 Å². The van der Waals surface area contributed by atoms with Gasteiger partial charge in [-0.25, -0.2) is 9.78 Å². The highest BCUT2D eigenvalue weighted by molar-refractivity contribution is 5.85. The fourth-order valence-electron chi connectivity index (χ4n) is 2.22. The summed E-state index contributed by atoms with van der Waals surface area (Å²) in [5.74, 6) is -0.520. The standard InChI is InChI=1S/C15H22N4O3/c16-15-13(9-12(10-18-15)1-2-14(20)21)11-17-3-4-19-5-7-22-8-6-19/h1-2,9-10,17H,3-8,11H2,(H2,16,18)(H,20,21). The number of nitrogens with zero attached hydrogens (tertiary/aromatic N) is 2. The molecule has 0 aromatic carbocycles. The highest BCUT2D eigenvalue weighted by Crippen LogP contribution is 2.12. The predicted octanol–water partition coefficient (Wildman–Crippen LogP) is 0.183. The number of carboxylic acid groups (broad SMARTS) is 1. The number of carbonyl (C=O) groups is 1. The molecule has 120 valence electrons. The molecule has 1 saturated heterocycles. The number of aromatic nitrogens is 1. The van der Waals surface area contributed by atoms with Crippen molar-refractivity contribution in [2.24, 2.45) is 0 Å². The van der Waals surface area contributed by atoms with Crippen molar-refractivity contribution in [1.82, 2.24) is 15.2 Å². The Kier molecular flexibility index (Phi) is 6.32. The molecule has 0 atom stereocenters. The minimum atomic E-state index is -0.984. The van der Waals surface area contributed by atoms with E-state index in [0.717, 1.165) is 56.6 Å². The van der Waals surface area contributed by atoms with Gasteiger partial charge in [0.1, 0.15) is 5.82 Å². The molecule has 0 amide bonds. The highest BCUT2D eigenvalue weighted by atomic mass is 16.5. The van der Waals surface area contributed by atoms with Crippen LogP contribution in [0, 0.1) is 0 Å². The third-order valence-electron chi connectivity index (χ3n) is 3.46. The second kappa shape index (κ2) is 8.47. The summed E-state index contributed by atoms with van der Waals surface area (Å²) in [4.78, 5) is 17.0. The smallest absolute Gasteiger partial charge is 0.328 e. The van der Waals surface area contributed by atoms with Crippen molar-refractivity contribution in [3.63, 3.8) is 0 Å². The first-order valence-electron chi connectivity index (χ1n) is 7.31. The molecule has 7 heteroatoms. The summed E-state index contributed by atoms with van der Waals surface area (Å²) in [5, 5.41) is 12.0. The van der Waals surface area contributed by atoms with Crippen molar-refractivity contribution in [2.75, 3.05) is 45.1 Å². The molecule has 1 aromatic rings. The van der Waals surface area contributed by atoms with Crippen molar-refractivity contribution < 1.29 is 14.6 Å². The third kappa shape index (κ3) is 5.44. The number of nitrogens with two attached hydrogens (primary N) is 1. The van der Waals surface area contributed by atoms with Crippen LogP contribution in [-0.2, 0) is 16.1 Å². The van der Waals surface area contributed by atoms with E-state index in [0.29, 0.717) is 12.4 Å². The maximum Gasteiger partial charge on any atom is 0.328 e. The van der Waals surface area contributed by atoms with E-state index in [4.69, 9.17) is 15.6 Å². The van der Waals surface area contributed by atoms with Gasteiger partial charge in [-0.15, -0.1) is 0 Å². The maximum absolute atomic E-state index is 10.5. The molecule has 0 saturated carbocycles. The quantitative estimate of drug-likeness (QED) is 0.488. The average molecular weight is 306 g/mol. The van der Waals surface area contributed by atoms with Crippen LogP contribution in [0.3, 0.4) is 0 Å². The molecule has 7 nitrogen and oxygen atoms in total. The van der Waals surface area contributed by atoms with Crippen molar-refractivity contribution in [3.8, 4) is 0 Å². The normalized spacial score (nSPS) is 16.2. The van der Waals surface area contributed by atoms with Gasteiger partial charge in [0.25, 0.3) is 0 Å². The summed E-state index contributed by atoms with van der Waals surface area (Å²) in [5.41, 5.74) is 7.45. The molecule has 1 aromatic heterocycles. The molecule has 1 fully saturated rings. The van der Waals surface area contributed by atoms with Crippen LogP contribution in [0.2, 0.25) is 0 Å². The Labute approximate surface area is 129 Å². The van der Waals surface area contributed by atoms with Gasteiger partial charge in [-0.2, -0.15) is 0 Å². The number of ether oxygens (including phenoxy) is 1. The lowest BCUT2D eigenvalue weighted by Crippen LogP contribution is -2.40. The Balaban J connectivity index is 1.80. The maximum atomic E-state index is 10.5. The summed E-state index contributed by atoms with van der Waals surface area (Å²) in [6, 6.07) is 1.85. The molecule has 1 aliphatic heterocycles. The van der Waals surface area contributed by atoms with Gasteiger partial charge in [-0.3, -0.25) is 4.90 Å². The van der Waals surface area contributed by atoms with E-state index in [1.54, 1.807) is 6.20 Å². The van der Waals surface area contributed by atoms with Crippen LogP contribution < -0.4 is 11.1 Å². The third-order valence-corrected chi connectivity index (χ3v) is 3.46. The molecule has 0 bridgehead atoms. The summed E-state index contributed by atoms with van der Waals surface area (Å²) < 4.78 is 5.31. The second-order valence-electron chi connectivity index (χ2n) is 5.12. The number of carboxylic acids is 1. The average Bonchev–Trinajstić information content (AvgIpc) is 2.52. The zero-order valence-corrected chi connectivity index (χ0v) is 12.5. The fraction of sp³-hybridized carbons (Fsp3) is 0.467. The predicted molar refractivity (Wildman–Crippen MR) is 84.3 cm³/mol. The van der Waals surface area contributed by atoms with E-state index in [9.17, 15) is 4.79 Å². The number of pyridine rings is 1. The molecule has 0 spiro atoms. The van der Waals surface area contributed by atoms with Crippen LogP contribution in [0.15, 0.2) is 18.3 Å². The zero-order chi connectivity index (χ0) is 15.8. The molecular formula is C15H22N4O3. The van der Waals surface area contributed by atoms with Gasteiger partial charge in [0.2, 0.25) is 0 Å². The molecule has 0 radical (unpaired) electrons. The van der Waals surface area contributed by atoms with Gasteiger partial charge in [0, 0.05) is 50.6 Å². The molecule has 2 heterocycles. The number of morpholine rings is 1. The van der Waals surface area contributed by atoms with E-state index in [-0.39, 0.29) is 0 Å². The van der Waals surface area contributed by atoms with E-state index in [1.807, 2.05) is 6.07 Å². The lowest BCUT2D eigenvalue weighted by atomic mass is 10.1. The first-order chi connectivity index (χ1) is 10.6. The lowest BCUT2D eigenvalue weighted by molar-refractivity contribution is -0.131. The Morgan fingerprint density at radius 3 is 3.00 bits per heavy atom. The molecule has 0 unspecified atom stereocenters. The van der Waals surface area contributed by atoms with Gasteiger partial charge < -0.3 is 20.9 Å². The Morgan fingerprint density at radius 2 is 2.27 bits per heavy atom. The highest BCUT2D eigenvalue weighted by Gasteiger charge is 2.09. The number of nitrogens with one attached hydrogen (secondary N) is 1. The molecule has 22 heavy (non-hydrogen) atoms. The Morgan fingerprint density at radius 1 is 1.50 bits per heavy atom. The fourth-order valence-corrected chi connectivity index (χ4v) is 2.22. The first kappa shape index (κ1) is 16.4. The van der Waals surface area contributed by atoms with Crippen LogP contribution in [0.1, 0.15) is 11.1 Å². The summed E-state index contributed by atoms with van der Waals surface area (Å²) in [6.07, 6.45) is 4.15. The summed E-state index contributed by atoms with van der Waals surface area (Å²) in [7, 11) is 0.